The first-order chi connectivity index (χ1) is 11.1. The second-order valence-electron chi connectivity index (χ2n) is 4.28. The Labute approximate surface area is 139 Å². The largest absolute Gasteiger partial charge is 0.448 e. The summed E-state index contributed by atoms with van der Waals surface area (Å²) < 4.78 is 5.77. The molecule has 0 saturated carbocycles. The molecule has 23 heavy (non-hydrogen) atoms. The molecule has 0 bridgehead atoms. The van der Waals surface area contributed by atoms with Crippen molar-refractivity contribution >= 4 is 40.0 Å². The van der Waals surface area contributed by atoms with Crippen LogP contribution in [0.4, 0.5) is 0 Å². The Morgan fingerprint density at radius 1 is 1.26 bits per heavy atom. The molecule has 0 unspecified atom stereocenters. The van der Waals surface area contributed by atoms with Gasteiger partial charge in [-0.2, -0.15) is 5.10 Å². The van der Waals surface area contributed by atoms with Crippen molar-refractivity contribution in [1.82, 2.24) is 10.9 Å². The van der Waals surface area contributed by atoms with Gasteiger partial charge in [0.25, 0.3) is 11.8 Å². The summed E-state index contributed by atoms with van der Waals surface area (Å²) in [5.41, 5.74) is 4.85. The monoisotopic (exact) mass is 377 g/mol. The normalized spacial score (nSPS) is 11.0. The number of benzene rings is 1. The van der Waals surface area contributed by atoms with Crippen molar-refractivity contribution in [3.63, 3.8) is 0 Å². The first-order valence-corrected chi connectivity index (χ1v) is 7.19. The van der Waals surface area contributed by atoms with Gasteiger partial charge >= 0.3 is 0 Å². The van der Waals surface area contributed by atoms with Crippen LogP contribution in [-0.2, 0) is 4.79 Å². The molecular weight excluding hydrogens is 366 g/mol. The fraction of sp³-hybridized carbons (Fsp3) is 0. The Balaban J connectivity index is 2.00. The summed E-state index contributed by atoms with van der Waals surface area (Å²) in [5, 5.41) is 12.2. The highest BCUT2D eigenvalue weighted by Crippen LogP contribution is 2.12. The summed E-state index contributed by atoms with van der Waals surface area (Å²) in [5.74, 6) is -0.577. The standard InChI is InChI=1S/C15H12BrN3O4/c16-13-6-5-12(23-13)9-17-18-15(21)11-3-1-2-10(8-11)4-7-14(20)19-22/h1-9,22H,(H,18,21)(H,19,20)/b7-4+,17-9+. The molecule has 0 radical (unpaired) electrons. The van der Waals surface area contributed by atoms with Crippen LogP contribution in [0.15, 0.2) is 56.7 Å². The molecule has 2 amide bonds. The van der Waals surface area contributed by atoms with E-state index in [9.17, 15) is 9.59 Å². The second kappa shape index (κ2) is 8.06. The van der Waals surface area contributed by atoms with Crippen LogP contribution < -0.4 is 10.9 Å². The molecule has 2 rings (SSSR count). The fourth-order valence-electron chi connectivity index (χ4n) is 1.61. The number of hydrogen-bond acceptors (Lipinski definition) is 5. The smallest absolute Gasteiger partial charge is 0.271 e. The zero-order chi connectivity index (χ0) is 16.7. The predicted octanol–water partition coefficient (Wildman–Crippen LogP) is 2.32. The van der Waals surface area contributed by atoms with Gasteiger partial charge < -0.3 is 4.42 Å². The summed E-state index contributed by atoms with van der Waals surface area (Å²) in [6.07, 6.45) is 3.98. The number of carbonyl (C=O) groups excluding carboxylic acids is 2. The zero-order valence-corrected chi connectivity index (χ0v) is 13.3. The molecule has 118 valence electrons. The number of hydrazone groups is 1. The fourth-order valence-corrected chi connectivity index (χ4v) is 1.93. The van der Waals surface area contributed by atoms with Gasteiger partial charge in [0.05, 0.1) is 6.21 Å². The van der Waals surface area contributed by atoms with E-state index in [-0.39, 0.29) is 0 Å². The summed E-state index contributed by atoms with van der Waals surface area (Å²) >= 11 is 3.16. The molecular formula is C15H12BrN3O4. The number of halogens is 1. The van der Waals surface area contributed by atoms with Crippen molar-refractivity contribution in [1.29, 1.82) is 0 Å². The molecule has 0 saturated heterocycles. The average molecular weight is 378 g/mol. The van der Waals surface area contributed by atoms with Crippen LogP contribution in [0.25, 0.3) is 6.08 Å². The molecule has 3 N–H and O–H groups in total. The van der Waals surface area contributed by atoms with Crippen LogP contribution in [0.5, 0.6) is 0 Å². The first kappa shape index (κ1) is 16.7. The molecule has 0 atom stereocenters. The molecule has 1 aromatic carbocycles. The molecule has 0 fully saturated rings. The second-order valence-corrected chi connectivity index (χ2v) is 5.06. The quantitative estimate of drug-likeness (QED) is 0.322. The van der Waals surface area contributed by atoms with Crippen molar-refractivity contribution in [2.45, 2.75) is 0 Å². The van der Waals surface area contributed by atoms with Gasteiger partial charge in [0.1, 0.15) is 5.76 Å². The molecule has 0 spiro atoms. The molecule has 7 nitrogen and oxygen atoms in total. The van der Waals surface area contributed by atoms with E-state index in [0.717, 1.165) is 6.08 Å². The lowest BCUT2D eigenvalue weighted by Gasteiger charge is -2.01. The third-order valence-corrected chi connectivity index (χ3v) is 3.06. The number of nitrogens with zero attached hydrogens (tertiary/aromatic N) is 1. The Bertz CT molecular complexity index is 768. The first-order valence-electron chi connectivity index (χ1n) is 6.39. The van der Waals surface area contributed by atoms with E-state index < -0.39 is 11.8 Å². The number of hydroxylamine groups is 1. The maximum atomic E-state index is 12.0. The van der Waals surface area contributed by atoms with Gasteiger partial charge in [-0.25, -0.2) is 10.9 Å². The van der Waals surface area contributed by atoms with Crippen molar-refractivity contribution < 1.29 is 19.2 Å². The SMILES string of the molecule is O=C(/C=C/c1cccc(C(=O)N/N=C/c2ccc(Br)o2)c1)NO. The number of amides is 2. The lowest BCUT2D eigenvalue weighted by atomic mass is 10.1. The number of carbonyl (C=O) groups is 2. The van der Waals surface area contributed by atoms with E-state index in [1.54, 1.807) is 36.4 Å². The highest BCUT2D eigenvalue weighted by atomic mass is 79.9. The van der Waals surface area contributed by atoms with Crippen LogP contribution in [0.3, 0.4) is 0 Å². The van der Waals surface area contributed by atoms with Gasteiger partial charge in [-0.15, -0.1) is 0 Å². The minimum Gasteiger partial charge on any atom is -0.448 e. The average Bonchev–Trinajstić information content (AvgIpc) is 2.98. The van der Waals surface area contributed by atoms with E-state index in [1.165, 1.54) is 17.8 Å². The van der Waals surface area contributed by atoms with E-state index in [4.69, 9.17) is 9.62 Å². The lowest BCUT2D eigenvalue weighted by molar-refractivity contribution is -0.124. The van der Waals surface area contributed by atoms with Crippen LogP contribution in [-0.4, -0.2) is 23.2 Å². The summed E-state index contributed by atoms with van der Waals surface area (Å²) in [6, 6.07) is 9.96. The van der Waals surface area contributed by atoms with Crippen LogP contribution in [0, 0.1) is 0 Å². The topological polar surface area (TPSA) is 104 Å². The summed E-state index contributed by atoms with van der Waals surface area (Å²) in [7, 11) is 0. The van der Waals surface area contributed by atoms with E-state index in [2.05, 4.69) is 26.5 Å². The highest BCUT2D eigenvalue weighted by molar-refractivity contribution is 9.10. The van der Waals surface area contributed by atoms with Gasteiger partial charge in [0.15, 0.2) is 4.67 Å². The van der Waals surface area contributed by atoms with E-state index in [1.807, 2.05) is 0 Å². The van der Waals surface area contributed by atoms with Gasteiger partial charge in [-0.3, -0.25) is 14.8 Å². The lowest BCUT2D eigenvalue weighted by Crippen LogP contribution is -2.17. The van der Waals surface area contributed by atoms with Crippen molar-refractivity contribution in [2.75, 3.05) is 0 Å². The molecule has 1 heterocycles. The predicted molar refractivity (Wildman–Crippen MR) is 86.9 cm³/mol. The summed E-state index contributed by atoms with van der Waals surface area (Å²) in [6.45, 7) is 0. The third-order valence-electron chi connectivity index (χ3n) is 2.64. The van der Waals surface area contributed by atoms with Crippen molar-refractivity contribution in [2.24, 2.45) is 5.10 Å². The number of hydrogen-bond donors (Lipinski definition) is 3. The van der Waals surface area contributed by atoms with Crippen molar-refractivity contribution in [3.05, 3.63) is 64.0 Å². The third kappa shape index (κ3) is 5.20. The number of nitrogens with one attached hydrogen (secondary N) is 2. The maximum absolute atomic E-state index is 12.0. The minimum absolute atomic E-state index is 0.370. The maximum Gasteiger partial charge on any atom is 0.271 e. The highest BCUT2D eigenvalue weighted by Gasteiger charge is 2.04. The molecule has 0 aliphatic heterocycles. The van der Waals surface area contributed by atoms with Gasteiger partial charge in [0, 0.05) is 11.6 Å². The summed E-state index contributed by atoms with van der Waals surface area (Å²) in [4.78, 5) is 22.9. The van der Waals surface area contributed by atoms with E-state index in [0.29, 0.717) is 21.6 Å². The van der Waals surface area contributed by atoms with Gasteiger partial charge in [-0.05, 0) is 51.8 Å². The Morgan fingerprint density at radius 3 is 2.78 bits per heavy atom. The molecule has 8 heteroatoms. The molecule has 2 aromatic rings. The minimum atomic E-state index is -0.658. The molecule has 1 aromatic heterocycles. The van der Waals surface area contributed by atoms with Crippen molar-refractivity contribution in [3.8, 4) is 0 Å². The molecule has 0 aliphatic rings. The van der Waals surface area contributed by atoms with Crippen LogP contribution in [0.2, 0.25) is 0 Å². The van der Waals surface area contributed by atoms with Crippen LogP contribution in [0.1, 0.15) is 21.7 Å². The van der Waals surface area contributed by atoms with E-state index >= 15 is 0 Å². The number of rotatable bonds is 5. The zero-order valence-electron chi connectivity index (χ0n) is 11.7. The Morgan fingerprint density at radius 2 is 2.09 bits per heavy atom. The van der Waals surface area contributed by atoms with Crippen LogP contribution >= 0.6 is 15.9 Å². The Hall–Kier alpha value is -2.71. The van der Waals surface area contributed by atoms with Gasteiger partial charge in [-0.1, -0.05) is 12.1 Å². The van der Waals surface area contributed by atoms with Gasteiger partial charge in [0.2, 0.25) is 0 Å². The molecule has 0 aliphatic carbocycles. The Kier molecular flexibility index (Phi) is 5.84. The number of furan rings is 1.